The van der Waals surface area contributed by atoms with Gasteiger partial charge in [0.05, 0.1) is 11.2 Å². The zero-order valence-corrected chi connectivity index (χ0v) is 11.6. The third-order valence-corrected chi connectivity index (χ3v) is 3.92. The molecule has 3 aromatic rings. The molecule has 2 nitrogen and oxygen atoms in total. The SMILES string of the molecule is C/C=c1\c(=C/C)n2c3c(cccc13)Oc1ccccc1-2. The predicted molar refractivity (Wildman–Crippen MR) is 82.9 cm³/mol. The van der Waals surface area contributed by atoms with Crippen molar-refractivity contribution in [1.29, 1.82) is 0 Å². The van der Waals surface area contributed by atoms with Crippen LogP contribution in [-0.2, 0) is 0 Å². The summed E-state index contributed by atoms with van der Waals surface area (Å²) in [7, 11) is 0. The number of hydrogen-bond donors (Lipinski definition) is 0. The molecule has 0 saturated heterocycles. The van der Waals surface area contributed by atoms with Crippen LogP contribution >= 0.6 is 0 Å². The minimum Gasteiger partial charge on any atom is -0.453 e. The molecule has 0 atom stereocenters. The second-order valence-corrected chi connectivity index (χ2v) is 4.93. The first-order chi connectivity index (χ1) is 9.85. The van der Waals surface area contributed by atoms with E-state index >= 15 is 0 Å². The van der Waals surface area contributed by atoms with E-state index in [-0.39, 0.29) is 0 Å². The van der Waals surface area contributed by atoms with E-state index in [4.69, 9.17) is 4.74 Å². The van der Waals surface area contributed by atoms with Crippen molar-refractivity contribution in [1.82, 2.24) is 4.57 Å². The second kappa shape index (κ2) is 4.01. The van der Waals surface area contributed by atoms with Crippen molar-refractivity contribution in [3.63, 3.8) is 0 Å². The van der Waals surface area contributed by atoms with Gasteiger partial charge in [-0.3, -0.25) is 0 Å². The molecule has 0 aliphatic carbocycles. The zero-order valence-electron chi connectivity index (χ0n) is 11.6. The van der Waals surface area contributed by atoms with Crippen LogP contribution in [0.4, 0.5) is 0 Å². The molecule has 0 saturated carbocycles. The maximum atomic E-state index is 6.06. The van der Waals surface area contributed by atoms with E-state index in [2.05, 4.69) is 54.8 Å². The number of para-hydroxylation sites is 3. The van der Waals surface area contributed by atoms with Gasteiger partial charge in [0.1, 0.15) is 0 Å². The van der Waals surface area contributed by atoms with Crippen molar-refractivity contribution in [3.8, 4) is 17.2 Å². The Balaban J connectivity index is 2.36. The Morgan fingerprint density at radius 1 is 0.900 bits per heavy atom. The number of fused-ring (bicyclic) bond motifs is 2. The van der Waals surface area contributed by atoms with Crippen LogP contribution in [0.3, 0.4) is 0 Å². The van der Waals surface area contributed by atoms with Crippen molar-refractivity contribution < 1.29 is 4.74 Å². The number of aromatic nitrogens is 1. The summed E-state index contributed by atoms with van der Waals surface area (Å²) in [6.07, 6.45) is 4.34. The summed E-state index contributed by atoms with van der Waals surface area (Å²) in [6.45, 7) is 4.17. The Morgan fingerprint density at radius 2 is 1.70 bits per heavy atom. The highest BCUT2D eigenvalue weighted by Gasteiger charge is 2.21. The van der Waals surface area contributed by atoms with E-state index in [0.717, 1.165) is 22.7 Å². The minimum atomic E-state index is 0.911. The van der Waals surface area contributed by atoms with Gasteiger partial charge >= 0.3 is 0 Å². The van der Waals surface area contributed by atoms with E-state index in [1.807, 2.05) is 18.2 Å². The molecule has 0 spiro atoms. The Kier molecular flexibility index (Phi) is 2.27. The van der Waals surface area contributed by atoms with Gasteiger partial charge in [0, 0.05) is 16.0 Å². The molecule has 0 amide bonds. The summed E-state index contributed by atoms with van der Waals surface area (Å²) in [5.74, 6) is 1.84. The first-order valence-electron chi connectivity index (χ1n) is 6.88. The summed E-state index contributed by atoms with van der Waals surface area (Å²) >= 11 is 0. The number of hydrogen-bond acceptors (Lipinski definition) is 1. The molecular weight excluding hydrogens is 246 g/mol. The summed E-state index contributed by atoms with van der Waals surface area (Å²) < 4.78 is 8.36. The highest BCUT2D eigenvalue weighted by atomic mass is 16.5. The van der Waals surface area contributed by atoms with Crippen molar-refractivity contribution in [3.05, 3.63) is 53.0 Å². The van der Waals surface area contributed by atoms with E-state index in [9.17, 15) is 0 Å². The second-order valence-electron chi connectivity index (χ2n) is 4.93. The Bertz CT molecular complexity index is 947. The molecular formula is C18H15NO. The standard InChI is InChI=1S/C18H15NO/c1-3-12-13-8-7-11-17-18(13)19(14(12)4-2)15-9-5-6-10-16(15)20-17/h3-11H,1-2H3/b12-3-,14-4+. The third kappa shape index (κ3) is 1.28. The summed E-state index contributed by atoms with van der Waals surface area (Å²) in [4.78, 5) is 0. The number of nitrogens with zero attached hydrogens (tertiary/aromatic N) is 1. The van der Waals surface area contributed by atoms with Crippen molar-refractivity contribution >= 4 is 23.1 Å². The molecule has 1 aromatic heterocycles. The quantitative estimate of drug-likeness (QED) is 0.473. The normalized spacial score (nSPS) is 14.5. The molecule has 0 bridgehead atoms. The van der Waals surface area contributed by atoms with Gasteiger partial charge in [-0.2, -0.15) is 0 Å². The van der Waals surface area contributed by atoms with Crippen LogP contribution in [0, 0.1) is 0 Å². The average Bonchev–Trinajstić information content (AvgIpc) is 2.83. The maximum absolute atomic E-state index is 6.06. The van der Waals surface area contributed by atoms with Gasteiger partial charge in [-0.05, 0) is 32.0 Å². The van der Waals surface area contributed by atoms with Crippen LogP contribution in [0.2, 0.25) is 0 Å². The van der Waals surface area contributed by atoms with Gasteiger partial charge in [0.15, 0.2) is 11.5 Å². The van der Waals surface area contributed by atoms with E-state index in [1.165, 1.54) is 16.0 Å². The van der Waals surface area contributed by atoms with Gasteiger partial charge in [0.2, 0.25) is 0 Å². The Hall–Kier alpha value is -2.48. The monoisotopic (exact) mass is 261 g/mol. The van der Waals surface area contributed by atoms with E-state index in [1.54, 1.807) is 0 Å². The van der Waals surface area contributed by atoms with Crippen LogP contribution in [-0.4, -0.2) is 4.57 Å². The smallest absolute Gasteiger partial charge is 0.152 e. The van der Waals surface area contributed by atoms with Gasteiger partial charge in [0.25, 0.3) is 0 Å². The lowest BCUT2D eigenvalue weighted by molar-refractivity contribution is 0.475. The number of ether oxygens (including phenoxy) is 1. The first-order valence-corrected chi connectivity index (χ1v) is 6.88. The lowest BCUT2D eigenvalue weighted by Crippen LogP contribution is -2.28. The van der Waals surface area contributed by atoms with Gasteiger partial charge < -0.3 is 9.30 Å². The number of rotatable bonds is 0. The predicted octanol–water partition coefficient (Wildman–Crippen LogP) is 3.34. The molecule has 1 aliphatic heterocycles. The van der Waals surface area contributed by atoms with Crippen molar-refractivity contribution in [2.24, 2.45) is 0 Å². The van der Waals surface area contributed by atoms with Crippen molar-refractivity contribution in [2.75, 3.05) is 0 Å². The van der Waals surface area contributed by atoms with Gasteiger partial charge in [-0.25, -0.2) is 0 Å². The number of benzene rings is 2. The fourth-order valence-corrected chi connectivity index (χ4v) is 3.12. The lowest BCUT2D eigenvalue weighted by atomic mass is 10.2. The minimum absolute atomic E-state index is 0.911. The molecule has 2 heteroatoms. The van der Waals surface area contributed by atoms with Gasteiger partial charge in [-0.15, -0.1) is 0 Å². The third-order valence-electron chi connectivity index (χ3n) is 3.92. The highest BCUT2D eigenvalue weighted by Crippen LogP contribution is 2.38. The molecule has 1 aliphatic rings. The molecule has 0 fully saturated rings. The molecule has 0 N–H and O–H groups in total. The fraction of sp³-hybridized carbons (Fsp3) is 0.111. The summed E-state index contributed by atoms with van der Waals surface area (Å²) in [6, 6.07) is 14.4. The summed E-state index contributed by atoms with van der Waals surface area (Å²) in [5.41, 5.74) is 2.27. The lowest BCUT2D eigenvalue weighted by Gasteiger charge is -2.20. The first kappa shape index (κ1) is 11.4. The Morgan fingerprint density at radius 3 is 2.50 bits per heavy atom. The molecule has 0 radical (unpaired) electrons. The van der Waals surface area contributed by atoms with Crippen LogP contribution in [0.1, 0.15) is 13.8 Å². The summed E-state index contributed by atoms with van der Waals surface area (Å²) in [5, 5.41) is 3.74. The average molecular weight is 261 g/mol. The van der Waals surface area contributed by atoms with Crippen LogP contribution in [0.5, 0.6) is 11.5 Å². The van der Waals surface area contributed by atoms with Crippen LogP contribution < -0.4 is 15.3 Å². The van der Waals surface area contributed by atoms with E-state index < -0.39 is 0 Å². The molecule has 4 rings (SSSR count). The largest absolute Gasteiger partial charge is 0.453 e. The topological polar surface area (TPSA) is 14.2 Å². The zero-order chi connectivity index (χ0) is 13.7. The Labute approximate surface area is 117 Å². The molecule has 0 unspecified atom stereocenters. The molecule has 98 valence electrons. The van der Waals surface area contributed by atoms with Crippen LogP contribution in [0.15, 0.2) is 42.5 Å². The molecule has 2 heterocycles. The van der Waals surface area contributed by atoms with Crippen LogP contribution in [0.25, 0.3) is 28.7 Å². The fourth-order valence-electron chi connectivity index (χ4n) is 3.12. The maximum Gasteiger partial charge on any atom is 0.152 e. The highest BCUT2D eigenvalue weighted by molar-refractivity contribution is 5.91. The van der Waals surface area contributed by atoms with E-state index in [0.29, 0.717) is 0 Å². The van der Waals surface area contributed by atoms with Gasteiger partial charge in [-0.1, -0.05) is 36.4 Å². The molecule has 2 aromatic carbocycles. The molecule has 20 heavy (non-hydrogen) atoms. The van der Waals surface area contributed by atoms with Crippen molar-refractivity contribution in [2.45, 2.75) is 13.8 Å².